The predicted octanol–water partition coefficient (Wildman–Crippen LogP) is 2.02. The van der Waals surface area contributed by atoms with Crippen molar-refractivity contribution >= 4 is 35.9 Å². The molecule has 0 bridgehead atoms. The number of non-ortho nitro benzene ring substituents is 1. The molecule has 9 heteroatoms. The smallest absolute Gasteiger partial charge is 0.350 e. The van der Waals surface area contributed by atoms with E-state index in [1.54, 1.807) is 0 Å². The maximum Gasteiger partial charge on any atom is 0.350 e. The molecule has 0 spiro atoms. The van der Waals surface area contributed by atoms with Crippen LogP contribution in [0.2, 0.25) is 0 Å². The molecule has 1 aliphatic heterocycles. The second-order valence-corrected chi connectivity index (χ2v) is 5.32. The van der Waals surface area contributed by atoms with Gasteiger partial charge >= 0.3 is 11.9 Å². The molecule has 0 aromatic heterocycles. The maximum atomic E-state index is 11.7. The second kappa shape index (κ2) is 5.68. The number of esters is 2. The molecule has 1 aromatic carbocycles. The van der Waals surface area contributed by atoms with Crippen LogP contribution in [-0.2, 0) is 19.1 Å². The fourth-order valence-corrected chi connectivity index (χ4v) is 1.96. The first-order chi connectivity index (χ1) is 10.2. The van der Waals surface area contributed by atoms with E-state index >= 15 is 0 Å². The molecule has 0 aliphatic carbocycles. The Morgan fingerprint density at radius 2 is 1.86 bits per heavy atom. The first-order valence-corrected chi connectivity index (χ1v) is 6.55. The number of nitrogens with one attached hydrogen (secondary N) is 1. The standard InChI is InChI=1S/C13H12N2O6S/c1-13(2)20-11(16)8(12(17)21-13)6-14-9-4-3-7(15(18)19)5-10(9)22/h3-6,14,22H,1-2H3. The zero-order valence-electron chi connectivity index (χ0n) is 11.7. The summed E-state index contributed by atoms with van der Waals surface area (Å²) < 4.78 is 9.85. The van der Waals surface area contributed by atoms with Crippen LogP contribution in [0.3, 0.4) is 0 Å². The number of nitro benzene ring substituents is 1. The Balaban J connectivity index is 2.20. The third kappa shape index (κ3) is 3.37. The number of carbonyl (C=O) groups is 2. The molecule has 0 amide bonds. The molecule has 1 fully saturated rings. The van der Waals surface area contributed by atoms with Crippen LogP contribution in [0.4, 0.5) is 11.4 Å². The molecule has 1 aromatic rings. The van der Waals surface area contributed by atoms with Crippen LogP contribution >= 0.6 is 12.6 Å². The molecule has 0 saturated carbocycles. The highest BCUT2D eigenvalue weighted by molar-refractivity contribution is 7.80. The molecule has 1 heterocycles. The molecule has 1 N–H and O–H groups in total. The van der Waals surface area contributed by atoms with Crippen LogP contribution in [0.25, 0.3) is 0 Å². The Morgan fingerprint density at radius 1 is 1.27 bits per heavy atom. The number of cyclic esters (lactones) is 2. The van der Waals surface area contributed by atoms with Crippen molar-refractivity contribution in [1.82, 2.24) is 0 Å². The molecule has 1 aliphatic rings. The average Bonchev–Trinajstić information content (AvgIpc) is 2.37. The van der Waals surface area contributed by atoms with Crippen molar-refractivity contribution in [2.45, 2.75) is 24.5 Å². The van der Waals surface area contributed by atoms with Gasteiger partial charge in [0.25, 0.3) is 11.5 Å². The zero-order valence-corrected chi connectivity index (χ0v) is 12.5. The van der Waals surface area contributed by atoms with Gasteiger partial charge in [-0.1, -0.05) is 0 Å². The molecular weight excluding hydrogens is 312 g/mol. The van der Waals surface area contributed by atoms with Crippen LogP contribution in [0, 0.1) is 10.1 Å². The average molecular weight is 324 g/mol. The van der Waals surface area contributed by atoms with Gasteiger partial charge in [0.1, 0.15) is 0 Å². The van der Waals surface area contributed by atoms with Gasteiger partial charge in [-0.05, 0) is 6.07 Å². The Bertz CT molecular complexity index is 676. The SMILES string of the molecule is CC1(C)OC(=O)C(=CNc2ccc([N+](=O)[O-])cc2S)C(=O)O1. The van der Waals surface area contributed by atoms with Crippen LogP contribution in [0.5, 0.6) is 0 Å². The lowest BCUT2D eigenvalue weighted by molar-refractivity contribution is -0.385. The number of hydrogen-bond donors (Lipinski definition) is 2. The van der Waals surface area contributed by atoms with E-state index in [1.165, 1.54) is 32.0 Å². The van der Waals surface area contributed by atoms with Crippen LogP contribution in [-0.4, -0.2) is 22.6 Å². The number of rotatable bonds is 3. The van der Waals surface area contributed by atoms with Gasteiger partial charge in [0.15, 0.2) is 5.57 Å². The summed E-state index contributed by atoms with van der Waals surface area (Å²) in [5, 5.41) is 13.3. The fraction of sp³-hybridized carbons (Fsp3) is 0.231. The number of anilines is 1. The van der Waals surface area contributed by atoms with Gasteiger partial charge in [0.05, 0.1) is 10.6 Å². The van der Waals surface area contributed by atoms with E-state index in [4.69, 9.17) is 9.47 Å². The number of carbonyl (C=O) groups excluding carboxylic acids is 2. The van der Waals surface area contributed by atoms with Crippen LogP contribution < -0.4 is 5.32 Å². The Hall–Kier alpha value is -2.55. The minimum Gasteiger partial charge on any atom is -0.419 e. The van der Waals surface area contributed by atoms with Gasteiger partial charge in [-0.3, -0.25) is 10.1 Å². The number of thiol groups is 1. The summed E-state index contributed by atoms with van der Waals surface area (Å²) in [4.78, 5) is 33.8. The molecule has 22 heavy (non-hydrogen) atoms. The van der Waals surface area contributed by atoms with Crippen molar-refractivity contribution in [2.75, 3.05) is 5.32 Å². The van der Waals surface area contributed by atoms with Crippen molar-refractivity contribution in [3.8, 4) is 0 Å². The zero-order chi connectivity index (χ0) is 16.5. The monoisotopic (exact) mass is 324 g/mol. The topological polar surface area (TPSA) is 108 Å². The fourth-order valence-electron chi connectivity index (χ4n) is 1.68. The number of hydrogen-bond acceptors (Lipinski definition) is 8. The molecule has 116 valence electrons. The summed E-state index contributed by atoms with van der Waals surface area (Å²) in [6.45, 7) is 2.88. The summed E-state index contributed by atoms with van der Waals surface area (Å²) >= 11 is 4.10. The van der Waals surface area contributed by atoms with Gasteiger partial charge in [-0.25, -0.2) is 9.59 Å². The van der Waals surface area contributed by atoms with Gasteiger partial charge in [0.2, 0.25) is 0 Å². The number of benzene rings is 1. The lowest BCUT2D eigenvalue weighted by Crippen LogP contribution is -2.42. The highest BCUT2D eigenvalue weighted by Gasteiger charge is 2.38. The number of nitrogens with zero attached hydrogens (tertiary/aromatic N) is 1. The molecule has 8 nitrogen and oxygen atoms in total. The Kier molecular flexibility index (Phi) is 4.09. The summed E-state index contributed by atoms with van der Waals surface area (Å²) in [6.07, 6.45) is 1.11. The van der Waals surface area contributed by atoms with Gasteiger partial charge in [-0.15, -0.1) is 12.6 Å². The molecule has 1 saturated heterocycles. The van der Waals surface area contributed by atoms with Gasteiger partial charge < -0.3 is 14.8 Å². The lowest BCUT2D eigenvalue weighted by atomic mass is 10.2. The largest absolute Gasteiger partial charge is 0.419 e. The van der Waals surface area contributed by atoms with Crippen molar-refractivity contribution in [3.05, 3.63) is 40.1 Å². The van der Waals surface area contributed by atoms with Crippen LogP contribution in [0.1, 0.15) is 13.8 Å². The van der Waals surface area contributed by atoms with Crippen molar-refractivity contribution < 1.29 is 24.0 Å². The van der Waals surface area contributed by atoms with Gasteiger partial charge in [-0.2, -0.15) is 0 Å². The Morgan fingerprint density at radius 3 is 2.36 bits per heavy atom. The van der Waals surface area contributed by atoms with Crippen molar-refractivity contribution in [2.24, 2.45) is 0 Å². The van der Waals surface area contributed by atoms with E-state index in [-0.39, 0.29) is 16.2 Å². The minimum absolute atomic E-state index is 0.124. The molecule has 0 atom stereocenters. The Labute approximate surface area is 130 Å². The predicted molar refractivity (Wildman–Crippen MR) is 78.3 cm³/mol. The molecule has 2 rings (SSSR count). The maximum absolute atomic E-state index is 11.7. The third-order valence-electron chi connectivity index (χ3n) is 2.68. The van der Waals surface area contributed by atoms with E-state index in [9.17, 15) is 19.7 Å². The van der Waals surface area contributed by atoms with E-state index in [0.29, 0.717) is 5.69 Å². The first kappa shape index (κ1) is 15.8. The van der Waals surface area contributed by atoms with Crippen molar-refractivity contribution in [3.63, 3.8) is 0 Å². The molecule has 0 unspecified atom stereocenters. The van der Waals surface area contributed by atoms with E-state index in [0.717, 1.165) is 6.20 Å². The van der Waals surface area contributed by atoms with Crippen LogP contribution in [0.15, 0.2) is 34.9 Å². The summed E-state index contributed by atoms with van der Waals surface area (Å²) in [5.74, 6) is -2.96. The first-order valence-electron chi connectivity index (χ1n) is 6.10. The minimum atomic E-state index is -1.31. The normalized spacial score (nSPS) is 16.6. The quantitative estimate of drug-likeness (QED) is 0.219. The van der Waals surface area contributed by atoms with Gasteiger partial charge in [0, 0.05) is 37.1 Å². The highest BCUT2D eigenvalue weighted by Crippen LogP contribution is 2.26. The molecular formula is C13H12N2O6S. The second-order valence-electron chi connectivity index (χ2n) is 4.84. The van der Waals surface area contributed by atoms with E-state index in [1.807, 2.05) is 0 Å². The number of nitro groups is 1. The third-order valence-corrected chi connectivity index (χ3v) is 3.05. The summed E-state index contributed by atoms with van der Waals surface area (Å²) in [6, 6.07) is 3.91. The summed E-state index contributed by atoms with van der Waals surface area (Å²) in [5.41, 5.74) is -0.0567. The van der Waals surface area contributed by atoms with E-state index in [2.05, 4.69) is 17.9 Å². The number of ether oxygens (including phenoxy) is 2. The highest BCUT2D eigenvalue weighted by atomic mass is 32.1. The van der Waals surface area contributed by atoms with E-state index < -0.39 is 22.6 Å². The summed E-state index contributed by atoms with van der Waals surface area (Å²) in [7, 11) is 0. The lowest BCUT2D eigenvalue weighted by Gasteiger charge is -2.29. The molecule has 0 radical (unpaired) electrons. The van der Waals surface area contributed by atoms with Crippen molar-refractivity contribution in [1.29, 1.82) is 0 Å².